The SMILES string of the molecule is COc1ccc2c(c1)CN(C)CC2c1cc2ccccc2o1. The number of likely N-dealkylation sites (N-methyl/N-ethyl adjacent to an activating group) is 1. The molecule has 0 N–H and O–H groups in total. The van der Waals surface area contributed by atoms with Crippen molar-refractivity contribution in [3.05, 3.63) is 65.4 Å². The van der Waals surface area contributed by atoms with Crippen LogP contribution in [0.4, 0.5) is 0 Å². The zero-order valence-corrected chi connectivity index (χ0v) is 12.9. The largest absolute Gasteiger partial charge is 0.497 e. The van der Waals surface area contributed by atoms with Crippen molar-refractivity contribution in [2.75, 3.05) is 20.7 Å². The molecule has 0 amide bonds. The molecule has 2 heterocycles. The van der Waals surface area contributed by atoms with E-state index in [0.29, 0.717) is 0 Å². The van der Waals surface area contributed by atoms with E-state index < -0.39 is 0 Å². The molecule has 0 spiro atoms. The molecule has 4 rings (SSSR count). The first-order valence-electron chi connectivity index (χ1n) is 7.58. The second-order valence-electron chi connectivity index (χ2n) is 6.00. The Balaban J connectivity index is 1.82. The van der Waals surface area contributed by atoms with Crippen LogP contribution in [0.3, 0.4) is 0 Å². The predicted molar refractivity (Wildman–Crippen MR) is 87.4 cm³/mol. The zero-order valence-electron chi connectivity index (χ0n) is 12.9. The first-order chi connectivity index (χ1) is 10.7. The molecular formula is C19H19NO2. The van der Waals surface area contributed by atoms with Crippen LogP contribution >= 0.6 is 0 Å². The Labute approximate surface area is 130 Å². The van der Waals surface area contributed by atoms with Crippen molar-refractivity contribution in [3.8, 4) is 5.75 Å². The Hall–Kier alpha value is -2.26. The average molecular weight is 293 g/mol. The fourth-order valence-electron chi connectivity index (χ4n) is 3.37. The molecule has 3 heteroatoms. The Morgan fingerprint density at radius 3 is 2.82 bits per heavy atom. The van der Waals surface area contributed by atoms with Crippen LogP contribution in [0, 0.1) is 0 Å². The minimum absolute atomic E-state index is 0.270. The van der Waals surface area contributed by atoms with Crippen LogP contribution in [-0.4, -0.2) is 25.6 Å². The van der Waals surface area contributed by atoms with Gasteiger partial charge in [0.2, 0.25) is 0 Å². The third-order valence-corrected chi connectivity index (χ3v) is 4.45. The van der Waals surface area contributed by atoms with Crippen LogP contribution in [0.15, 0.2) is 52.9 Å². The third kappa shape index (κ3) is 2.18. The van der Waals surface area contributed by atoms with E-state index in [4.69, 9.17) is 9.15 Å². The monoisotopic (exact) mass is 293 g/mol. The minimum Gasteiger partial charge on any atom is -0.497 e. The Morgan fingerprint density at radius 2 is 2.00 bits per heavy atom. The Morgan fingerprint density at radius 1 is 1.14 bits per heavy atom. The van der Waals surface area contributed by atoms with Crippen LogP contribution in [0.25, 0.3) is 11.0 Å². The van der Waals surface area contributed by atoms with Gasteiger partial charge < -0.3 is 14.1 Å². The van der Waals surface area contributed by atoms with Crippen molar-refractivity contribution in [2.24, 2.45) is 0 Å². The van der Waals surface area contributed by atoms with Gasteiger partial charge in [0, 0.05) is 18.5 Å². The zero-order chi connectivity index (χ0) is 15.1. The fraction of sp³-hybridized carbons (Fsp3) is 0.263. The van der Waals surface area contributed by atoms with Gasteiger partial charge in [-0.2, -0.15) is 0 Å². The summed E-state index contributed by atoms with van der Waals surface area (Å²) in [5.41, 5.74) is 3.62. The molecule has 1 aliphatic rings. The predicted octanol–water partition coefficient (Wildman–Crippen LogP) is 4.02. The van der Waals surface area contributed by atoms with Crippen molar-refractivity contribution in [2.45, 2.75) is 12.5 Å². The molecular weight excluding hydrogens is 274 g/mol. The van der Waals surface area contributed by atoms with Gasteiger partial charge in [-0.1, -0.05) is 24.3 Å². The molecule has 0 fully saturated rings. The summed E-state index contributed by atoms with van der Waals surface area (Å²) in [6, 6.07) is 16.7. The van der Waals surface area contributed by atoms with Gasteiger partial charge in [-0.25, -0.2) is 0 Å². The smallest absolute Gasteiger partial charge is 0.134 e. The van der Waals surface area contributed by atoms with Crippen molar-refractivity contribution in [3.63, 3.8) is 0 Å². The lowest BCUT2D eigenvalue weighted by Crippen LogP contribution is -2.30. The second-order valence-corrected chi connectivity index (χ2v) is 6.00. The number of hydrogen-bond donors (Lipinski definition) is 0. The molecule has 3 nitrogen and oxygen atoms in total. The highest BCUT2D eigenvalue weighted by Crippen LogP contribution is 2.37. The van der Waals surface area contributed by atoms with E-state index in [1.54, 1.807) is 7.11 Å². The van der Waals surface area contributed by atoms with Gasteiger partial charge in [-0.05, 0) is 42.4 Å². The number of para-hydroxylation sites is 1. The highest BCUT2D eigenvalue weighted by molar-refractivity contribution is 5.78. The molecule has 1 atom stereocenters. The number of methoxy groups -OCH3 is 1. The summed E-state index contributed by atoms with van der Waals surface area (Å²) in [5.74, 6) is 2.23. The van der Waals surface area contributed by atoms with Crippen LogP contribution in [0.5, 0.6) is 5.75 Å². The molecule has 1 aliphatic heterocycles. The van der Waals surface area contributed by atoms with Gasteiger partial charge in [0.1, 0.15) is 17.1 Å². The number of hydrogen-bond acceptors (Lipinski definition) is 3. The van der Waals surface area contributed by atoms with E-state index in [9.17, 15) is 0 Å². The molecule has 22 heavy (non-hydrogen) atoms. The Bertz CT molecular complexity index is 788. The van der Waals surface area contributed by atoms with Crippen LogP contribution < -0.4 is 4.74 Å². The first-order valence-corrected chi connectivity index (χ1v) is 7.58. The Kier molecular flexibility index (Phi) is 3.16. The van der Waals surface area contributed by atoms with E-state index in [2.05, 4.69) is 36.2 Å². The summed E-state index contributed by atoms with van der Waals surface area (Å²) in [4.78, 5) is 2.33. The number of furan rings is 1. The summed E-state index contributed by atoms with van der Waals surface area (Å²) in [6.07, 6.45) is 0. The van der Waals surface area contributed by atoms with E-state index >= 15 is 0 Å². The standard InChI is InChI=1S/C19H19NO2/c1-20-11-14-9-15(21-2)7-8-16(14)17(12-20)19-10-13-5-3-4-6-18(13)22-19/h3-10,17H,11-12H2,1-2H3. The van der Waals surface area contributed by atoms with E-state index in [0.717, 1.165) is 30.2 Å². The van der Waals surface area contributed by atoms with Gasteiger partial charge >= 0.3 is 0 Å². The molecule has 1 aromatic heterocycles. The molecule has 1 unspecified atom stereocenters. The summed E-state index contributed by atoms with van der Waals surface area (Å²) in [5, 5.41) is 1.17. The highest BCUT2D eigenvalue weighted by Gasteiger charge is 2.27. The molecule has 112 valence electrons. The summed E-state index contributed by atoms with van der Waals surface area (Å²) in [6.45, 7) is 1.92. The summed E-state index contributed by atoms with van der Waals surface area (Å²) in [7, 11) is 3.86. The van der Waals surface area contributed by atoms with Crippen molar-refractivity contribution < 1.29 is 9.15 Å². The van der Waals surface area contributed by atoms with Gasteiger partial charge in [0.05, 0.1) is 13.0 Å². The molecule has 0 aliphatic carbocycles. The summed E-state index contributed by atoms with van der Waals surface area (Å²) >= 11 is 0. The van der Waals surface area contributed by atoms with Crippen LogP contribution in [0.1, 0.15) is 22.8 Å². The topological polar surface area (TPSA) is 25.6 Å². The molecule has 0 saturated heterocycles. The normalized spacial score (nSPS) is 18.4. The fourth-order valence-corrected chi connectivity index (χ4v) is 3.37. The minimum atomic E-state index is 0.270. The quantitative estimate of drug-likeness (QED) is 0.713. The maximum Gasteiger partial charge on any atom is 0.134 e. The van der Waals surface area contributed by atoms with Crippen molar-refractivity contribution >= 4 is 11.0 Å². The lowest BCUT2D eigenvalue weighted by Gasteiger charge is -2.31. The first kappa shape index (κ1) is 13.4. The molecule has 2 aromatic carbocycles. The maximum atomic E-state index is 6.11. The van der Waals surface area contributed by atoms with E-state index in [-0.39, 0.29) is 5.92 Å². The van der Waals surface area contributed by atoms with E-state index in [1.807, 2.05) is 24.3 Å². The lowest BCUT2D eigenvalue weighted by molar-refractivity contribution is 0.281. The summed E-state index contributed by atoms with van der Waals surface area (Å²) < 4.78 is 11.5. The second kappa shape index (κ2) is 5.18. The number of fused-ring (bicyclic) bond motifs is 2. The number of benzene rings is 2. The van der Waals surface area contributed by atoms with E-state index in [1.165, 1.54) is 16.5 Å². The average Bonchev–Trinajstić information content (AvgIpc) is 2.97. The van der Waals surface area contributed by atoms with Crippen LogP contribution in [0.2, 0.25) is 0 Å². The van der Waals surface area contributed by atoms with Crippen LogP contribution in [-0.2, 0) is 6.54 Å². The highest BCUT2D eigenvalue weighted by atomic mass is 16.5. The molecule has 0 bridgehead atoms. The van der Waals surface area contributed by atoms with Gasteiger partial charge in [-0.3, -0.25) is 0 Å². The molecule has 0 radical (unpaired) electrons. The van der Waals surface area contributed by atoms with Gasteiger partial charge in [-0.15, -0.1) is 0 Å². The van der Waals surface area contributed by atoms with Gasteiger partial charge in [0.15, 0.2) is 0 Å². The van der Waals surface area contributed by atoms with Crippen molar-refractivity contribution in [1.82, 2.24) is 4.90 Å². The molecule has 3 aromatic rings. The molecule has 0 saturated carbocycles. The van der Waals surface area contributed by atoms with Gasteiger partial charge in [0.25, 0.3) is 0 Å². The number of nitrogens with zero attached hydrogens (tertiary/aromatic N) is 1. The number of ether oxygens (including phenoxy) is 1. The maximum absolute atomic E-state index is 6.11. The number of rotatable bonds is 2. The van der Waals surface area contributed by atoms with Crippen molar-refractivity contribution in [1.29, 1.82) is 0 Å². The lowest BCUT2D eigenvalue weighted by atomic mass is 9.88. The third-order valence-electron chi connectivity index (χ3n) is 4.45.